The minimum atomic E-state index is -0.645. The van der Waals surface area contributed by atoms with Crippen molar-refractivity contribution in [1.82, 2.24) is 9.97 Å². The van der Waals surface area contributed by atoms with Gasteiger partial charge in [-0.1, -0.05) is 0 Å². The molecule has 1 heterocycles. The molecule has 0 unspecified atom stereocenters. The molecular formula is C12H9FN4O. The average Bonchev–Trinajstić information content (AvgIpc) is 2.27. The first-order valence-electron chi connectivity index (χ1n) is 5.07. The van der Waals surface area contributed by atoms with Gasteiger partial charge in [-0.25, -0.2) is 9.37 Å². The first-order chi connectivity index (χ1) is 8.58. The van der Waals surface area contributed by atoms with Crippen LogP contribution in [-0.4, -0.2) is 9.97 Å². The molecule has 1 aromatic heterocycles. The van der Waals surface area contributed by atoms with Gasteiger partial charge in [-0.3, -0.25) is 0 Å². The molecule has 2 rings (SSSR count). The predicted molar refractivity (Wildman–Crippen MR) is 62.4 cm³/mol. The van der Waals surface area contributed by atoms with Crippen molar-refractivity contribution in [3.8, 4) is 17.7 Å². The van der Waals surface area contributed by atoms with Gasteiger partial charge in [0.05, 0.1) is 5.56 Å². The molecule has 2 aromatic rings. The molecule has 0 aliphatic heterocycles. The van der Waals surface area contributed by atoms with Gasteiger partial charge in [0.2, 0.25) is 5.88 Å². The smallest absolute Gasteiger partial charge is 0.224 e. The second-order valence-electron chi connectivity index (χ2n) is 3.53. The Kier molecular flexibility index (Phi) is 3.06. The molecule has 0 spiro atoms. The van der Waals surface area contributed by atoms with E-state index in [-0.39, 0.29) is 23.0 Å². The lowest BCUT2D eigenvalue weighted by atomic mass is 10.2. The maximum Gasteiger partial charge on any atom is 0.224 e. The van der Waals surface area contributed by atoms with Crippen LogP contribution in [-0.2, 0) is 0 Å². The fourth-order valence-corrected chi connectivity index (χ4v) is 1.39. The zero-order valence-electron chi connectivity index (χ0n) is 9.51. The van der Waals surface area contributed by atoms with Gasteiger partial charge in [-0.2, -0.15) is 10.2 Å². The second kappa shape index (κ2) is 4.67. The molecule has 6 heteroatoms. The number of anilines is 1. The van der Waals surface area contributed by atoms with E-state index in [4.69, 9.17) is 15.7 Å². The molecule has 18 heavy (non-hydrogen) atoms. The predicted octanol–water partition coefficient (Wildman–Crippen LogP) is 2.17. The van der Waals surface area contributed by atoms with Gasteiger partial charge in [0.15, 0.2) is 0 Å². The lowest BCUT2D eigenvalue weighted by Crippen LogP contribution is -1.98. The summed E-state index contributed by atoms with van der Waals surface area (Å²) in [5.74, 6) is 0.549. The Hall–Kier alpha value is -2.68. The third-order valence-corrected chi connectivity index (χ3v) is 2.12. The molecule has 90 valence electrons. The third-order valence-electron chi connectivity index (χ3n) is 2.12. The maximum atomic E-state index is 13.4. The van der Waals surface area contributed by atoms with Gasteiger partial charge in [0, 0.05) is 12.1 Å². The molecule has 1 aromatic carbocycles. The fraction of sp³-hybridized carbons (Fsp3) is 0.0833. The number of nitrogens with zero attached hydrogens (tertiary/aromatic N) is 3. The number of hydrogen-bond acceptors (Lipinski definition) is 5. The maximum absolute atomic E-state index is 13.4. The highest BCUT2D eigenvalue weighted by Gasteiger charge is 2.06. The van der Waals surface area contributed by atoms with E-state index >= 15 is 0 Å². The van der Waals surface area contributed by atoms with Gasteiger partial charge in [0.1, 0.15) is 29.3 Å². The minimum absolute atomic E-state index is 0.0410. The largest absolute Gasteiger partial charge is 0.439 e. The normalized spacial score (nSPS) is 9.83. The highest BCUT2D eigenvalue weighted by atomic mass is 19.1. The van der Waals surface area contributed by atoms with Crippen molar-refractivity contribution in [3.63, 3.8) is 0 Å². The van der Waals surface area contributed by atoms with E-state index in [0.29, 0.717) is 5.82 Å². The summed E-state index contributed by atoms with van der Waals surface area (Å²) in [6.45, 7) is 1.67. The van der Waals surface area contributed by atoms with E-state index in [1.165, 1.54) is 18.2 Å². The number of benzene rings is 1. The van der Waals surface area contributed by atoms with E-state index in [1.807, 2.05) is 0 Å². The Morgan fingerprint density at radius 2 is 2.11 bits per heavy atom. The SMILES string of the molecule is Cc1nc(N)cc(Oc2ccc(C#N)c(F)c2)n1. The van der Waals surface area contributed by atoms with E-state index in [2.05, 4.69) is 9.97 Å². The number of aromatic nitrogens is 2. The van der Waals surface area contributed by atoms with Crippen molar-refractivity contribution < 1.29 is 9.13 Å². The molecule has 0 fully saturated rings. The average molecular weight is 244 g/mol. The van der Waals surface area contributed by atoms with Crippen molar-refractivity contribution in [1.29, 1.82) is 5.26 Å². The quantitative estimate of drug-likeness (QED) is 0.875. The van der Waals surface area contributed by atoms with Crippen LogP contribution in [0, 0.1) is 24.1 Å². The number of hydrogen-bond donors (Lipinski definition) is 1. The zero-order valence-corrected chi connectivity index (χ0v) is 9.51. The number of nitrogens with two attached hydrogens (primary N) is 1. The Bertz CT molecular complexity index is 616. The van der Waals surface area contributed by atoms with Crippen LogP contribution in [0.5, 0.6) is 11.6 Å². The summed E-state index contributed by atoms with van der Waals surface area (Å²) in [5.41, 5.74) is 5.50. The second-order valence-corrected chi connectivity index (χ2v) is 3.53. The number of ether oxygens (including phenoxy) is 1. The monoisotopic (exact) mass is 244 g/mol. The van der Waals surface area contributed by atoms with Crippen molar-refractivity contribution in [3.05, 3.63) is 41.5 Å². The summed E-state index contributed by atoms with van der Waals surface area (Å²) in [7, 11) is 0. The van der Waals surface area contributed by atoms with E-state index in [9.17, 15) is 4.39 Å². The number of nitrogen functional groups attached to an aromatic ring is 1. The highest BCUT2D eigenvalue weighted by molar-refractivity contribution is 5.39. The highest BCUT2D eigenvalue weighted by Crippen LogP contribution is 2.22. The fourth-order valence-electron chi connectivity index (χ4n) is 1.39. The molecular weight excluding hydrogens is 235 g/mol. The molecule has 0 radical (unpaired) electrons. The number of halogens is 1. The molecule has 0 amide bonds. The van der Waals surface area contributed by atoms with Gasteiger partial charge in [-0.05, 0) is 19.1 Å². The summed E-state index contributed by atoms with van der Waals surface area (Å²) < 4.78 is 18.7. The summed E-state index contributed by atoms with van der Waals surface area (Å²) in [6, 6.07) is 7.10. The number of rotatable bonds is 2. The first kappa shape index (κ1) is 11.8. The topological polar surface area (TPSA) is 84.8 Å². The lowest BCUT2D eigenvalue weighted by molar-refractivity contribution is 0.455. The van der Waals surface area contributed by atoms with Crippen LogP contribution >= 0.6 is 0 Å². The van der Waals surface area contributed by atoms with Crippen molar-refractivity contribution in [2.24, 2.45) is 0 Å². The van der Waals surface area contributed by atoms with Gasteiger partial charge in [-0.15, -0.1) is 0 Å². The molecule has 0 atom stereocenters. The van der Waals surface area contributed by atoms with Crippen molar-refractivity contribution in [2.75, 3.05) is 5.73 Å². The summed E-state index contributed by atoms with van der Waals surface area (Å²) >= 11 is 0. The van der Waals surface area contributed by atoms with Crippen LogP contribution in [0.3, 0.4) is 0 Å². The molecule has 0 aliphatic rings. The Morgan fingerprint density at radius 1 is 1.33 bits per heavy atom. The van der Waals surface area contributed by atoms with Crippen LogP contribution in [0.25, 0.3) is 0 Å². The first-order valence-corrected chi connectivity index (χ1v) is 5.07. The van der Waals surface area contributed by atoms with E-state index in [0.717, 1.165) is 6.07 Å². The van der Waals surface area contributed by atoms with Crippen LogP contribution in [0.4, 0.5) is 10.2 Å². The Morgan fingerprint density at radius 3 is 2.72 bits per heavy atom. The van der Waals surface area contributed by atoms with Gasteiger partial charge < -0.3 is 10.5 Å². The molecule has 2 N–H and O–H groups in total. The Labute approximate surface area is 103 Å². The van der Waals surface area contributed by atoms with E-state index < -0.39 is 5.82 Å². The Balaban J connectivity index is 2.29. The van der Waals surface area contributed by atoms with Crippen LogP contribution in [0.1, 0.15) is 11.4 Å². The van der Waals surface area contributed by atoms with E-state index in [1.54, 1.807) is 13.0 Å². The summed E-state index contributed by atoms with van der Waals surface area (Å²) in [6.07, 6.45) is 0. The number of nitriles is 1. The van der Waals surface area contributed by atoms with Crippen LogP contribution in [0.2, 0.25) is 0 Å². The summed E-state index contributed by atoms with van der Waals surface area (Å²) in [5, 5.41) is 8.60. The lowest BCUT2D eigenvalue weighted by Gasteiger charge is -2.06. The number of aryl methyl sites for hydroxylation is 1. The van der Waals surface area contributed by atoms with Crippen molar-refractivity contribution >= 4 is 5.82 Å². The molecule has 0 saturated carbocycles. The summed E-state index contributed by atoms with van der Waals surface area (Å²) in [4.78, 5) is 7.89. The molecule has 0 aliphatic carbocycles. The molecule has 0 bridgehead atoms. The van der Waals surface area contributed by atoms with Gasteiger partial charge >= 0.3 is 0 Å². The van der Waals surface area contributed by atoms with Crippen LogP contribution in [0.15, 0.2) is 24.3 Å². The standard InChI is InChI=1S/C12H9FN4O/c1-7-16-11(15)5-12(17-7)18-9-3-2-8(6-14)10(13)4-9/h2-5H,1H3,(H2,15,16,17). The third kappa shape index (κ3) is 2.52. The van der Waals surface area contributed by atoms with Gasteiger partial charge in [0.25, 0.3) is 0 Å². The van der Waals surface area contributed by atoms with Crippen LogP contribution < -0.4 is 10.5 Å². The molecule has 0 saturated heterocycles. The van der Waals surface area contributed by atoms with Crippen molar-refractivity contribution in [2.45, 2.75) is 6.92 Å². The minimum Gasteiger partial charge on any atom is -0.439 e. The molecule has 5 nitrogen and oxygen atoms in total. The zero-order chi connectivity index (χ0) is 13.1.